The monoisotopic (exact) mass is 241 g/mol. The van der Waals surface area contributed by atoms with Crippen LogP contribution in [-0.4, -0.2) is 35.0 Å². The van der Waals surface area contributed by atoms with Crippen LogP contribution in [0.4, 0.5) is 0 Å². The van der Waals surface area contributed by atoms with Crippen LogP contribution in [0.1, 0.15) is 10.4 Å². The van der Waals surface area contributed by atoms with Crippen molar-refractivity contribution in [1.82, 2.24) is 15.1 Å². The van der Waals surface area contributed by atoms with Gasteiger partial charge in [0.25, 0.3) is 0 Å². The van der Waals surface area contributed by atoms with Crippen molar-refractivity contribution in [2.45, 2.75) is 0 Å². The third kappa shape index (κ3) is 2.85. The first kappa shape index (κ1) is 12.1. The van der Waals surface area contributed by atoms with E-state index in [-0.39, 0.29) is 5.78 Å². The zero-order chi connectivity index (χ0) is 13.0. The molecule has 0 amide bonds. The summed E-state index contributed by atoms with van der Waals surface area (Å²) < 4.78 is 0. The highest BCUT2D eigenvalue weighted by Gasteiger charge is 2.05. The standard InChI is InChI=1S/C14H15N3O/c1-17(2)9-7-14(18)12-5-3-4-11(10-12)13-6-8-15-16-13/h3-10H,1-2H3,(H,15,16). The minimum Gasteiger partial charge on any atom is -0.383 e. The van der Waals surface area contributed by atoms with Crippen molar-refractivity contribution < 1.29 is 4.79 Å². The zero-order valence-electron chi connectivity index (χ0n) is 10.4. The molecule has 18 heavy (non-hydrogen) atoms. The van der Waals surface area contributed by atoms with Crippen LogP contribution in [0, 0.1) is 0 Å². The summed E-state index contributed by atoms with van der Waals surface area (Å²) in [5.74, 6) is -0.00920. The fraction of sp³-hybridized carbons (Fsp3) is 0.143. The predicted octanol–water partition coefficient (Wildman–Crippen LogP) is 2.33. The van der Waals surface area contributed by atoms with E-state index >= 15 is 0 Å². The summed E-state index contributed by atoms with van der Waals surface area (Å²) >= 11 is 0. The lowest BCUT2D eigenvalue weighted by Gasteiger charge is -2.03. The van der Waals surface area contributed by atoms with E-state index < -0.39 is 0 Å². The zero-order valence-corrected chi connectivity index (χ0v) is 10.4. The van der Waals surface area contributed by atoms with Crippen LogP contribution in [0.25, 0.3) is 11.3 Å². The van der Waals surface area contributed by atoms with Gasteiger partial charge in [-0.05, 0) is 12.1 Å². The molecular formula is C14H15N3O. The Bertz CT molecular complexity index is 556. The summed E-state index contributed by atoms with van der Waals surface area (Å²) in [6.45, 7) is 0. The van der Waals surface area contributed by atoms with Gasteiger partial charge in [0, 0.05) is 43.7 Å². The van der Waals surface area contributed by atoms with E-state index in [0.717, 1.165) is 11.3 Å². The molecule has 1 aromatic carbocycles. The summed E-state index contributed by atoms with van der Waals surface area (Å²) in [6.07, 6.45) is 4.99. The molecule has 0 saturated carbocycles. The molecule has 1 aromatic heterocycles. The van der Waals surface area contributed by atoms with Crippen LogP contribution in [-0.2, 0) is 0 Å². The number of H-pyrrole nitrogens is 1. The van der Waals surface area contributed by atoms with Crippen LogP contribution in [0.3, 0.4) is 0 Å². The van der Waals surface area contributed by atoms with Gasteiger partial charge >= 0.3 is 0 Å². The Morgan fingerprint density at radius 3 is 2.83 bits per heavy atom. The Kier molecular flexibility index (Phi) is 3.57. The lowest BCUT2D eigenvalue weighted by molar-refractivity contribution is 0.104. The minimum atomic E-state index is -0.00920. The maximum absolute atomic E-state index is 11.9. The number of benzene rings is 1. The first-order valence-corrected chi connectivity index (χ1v) is 5.65. The molecule has 0 fully saturated rings. The van der Waals surface area contributed by atoms with Crippen molar-refractivity contribution in [1.29, 1.82) is 0 Å². The topological polar surface area (TPSA) is 49.0 Å². The van der Waals surface area contributed by atoms with E-state index in [2.05, 4.69) is 10.2 Å². The molecule has 0 radical (unpaired) electrons. The summed E-state index contributed by atoms with van der Waals surface area (Å²) in [6, 6.07) is 9.35. The van der Waals surface area contributed by atoms with Gasteiger partial charge in [0.2, 0.25) is 0 Å². The second-order valence-electron chi connectivity index (χ2n) is 4.19. The number of aromatic amines is 1. The molecule has 0 bridgehead atoms. The molecule has 4 nitrogen and oxygen atoms in total. The number of ketones is 1. The molecule has 1 heterocycles. The normalized spacial score (nSPS) is 10.8. The van der Waals surface area contributed by atoms with Crippen molar-refractivity contribution in [2.75, 3.05) is 14.1 Å². The number of carbonyl (C=O) groups excluding carboxylic acids is 1. The quantitative estimate of drug-likeness (QED) is 0.660. The van der Waals surface area contributed by atoms with E-state index in [4.69, 9.17) is 0 Å². The van der Waals surface area contributed by atoms with Crippen molar-refractivity contribution in [3.05, 3.63) is 54.4 Å². The SMILES string of the molecule is CN(C)C=CC(=O)c1cccc(-c2ccn[nH]2)c1. The molecule has 0 aliphatic heterocycles. The molecule has 0 saturated heterocycles. The first-order chi connectivity index (χ1) is 8.66. The second kappa shape index (κ2) is 5.31. The molecule has 2 aromatic rings. The largest absolute Gasteiger partial charge is 0.383 e. The van der Waals surface area contributed by atoms with E-state index in [1.165, 1.54) is 0 Å². The van der Waals surface area contributed by atoms with Gasteiger partial charge in [-0.1, -0.05) is 18.2 Å². The van der Waals surface area contributed by atoms with Crippen LogP contribution in [0.5, 0.6) is 0 Å². The van der Waals surface area contributed by atoms with Crippen molar-refractivity contribution in [2.24, 2.45) is 0 Å². The summed E-state index contributed by atoms with van der Waals surface area (Å²) in [4.78, 5) is 13.8. The third-order valence-corrected chi connectivity index (χ3v) is 2.48. The fourth-order valence-electron chi connectivity index (χ4n) is 1.57. The van der Waals surface area contributed by atoms with Crippen LogP contribution in [0.15, 0.2) is 48.8 Å². The number of nitrogens with zero attached hydrogens (tertiary/aromatic N) is 2. The average Bonchev–Trinajstić information content (AvgIpc) is 2.90. The number of allylic oxidation sites excluding steroid dienone is 1. The van der Waals surface area contributed by atoms with E-state index in [0.29, 0.717) is 5.56 Å². The van der Waals surface area contributed by atoms with Crippen molar-refractivity contribution in [3.63, 3.8) is 0 Å². The van der Waals surface area contributed by atoms with Gasteiger partial charge in [-0.3, -0.25) is 9.89 Å². The van der Waals surface area contributed by atoms with Gasteiger partial charge in [-0.25, -0.2) is 0 Å². The Morgan fingerprint density at radius 1 is 1.33 bits per heavy atom. The van der Waals surface area contributed by atoms with E-state index in [1.807, 2.05) is 49.3 Å². The molecule has 0 aliphatic rings. The van der Waals surface area contributed by atoms with Gasteiger partial charge in [-0.15, -0.1) is 0 Å². The summed E-state index contributed by atoms with van der Waals surface area (Å²) in [5, 5.41) is 6.78. The molecule has 4 heteroatoms. The lowest BCUT2D eigenvalue weighted by Crippen LogP contribution is -2.03. The Hall–Kier alpha value is -2.36. The minimum absolute atomic E-state index is 0.00920. The maximum Gasteiger partial charge on any atom is 0.187 e. The summed E-state index contributed by atoms with van der Waals surface area (Å²) in [5.41, 5.74) is 2.53. The molecule has 1 N–H and O–H groups in total. The Balaban J connectivity index is 2.25. The smallest absolute Gasteiger partial charge is 0.187 e. The average molecular weight is 241 g/mol. The van der Waals surface area contributed by atoms with Crippen LogP contribution >= 0.6 is 0 Å². The van der Waals surface area contributed by atoms with Crippen LogP contribution < -0.4 is 0 Å². The maximum atomic E-state index is 11.9. The molecule has 0 spiro atoms. The molecule has 92 valence electrons. The number of hydrogen-bond acceptors (Lipinski definition) is 3. The number of nitrogens with one attached hydrogen (secondary N) is 1. The number of hydrogen-bond donors (Lipinski definition) is 1. The lowest BCUT2D eigenvalue weighted by atomic mass is 10.1. The van der Waals surface area contributed by atoms with Gasteiger partial charge in [-0.2, -0.15) is 5.10 Å². The van der Waals surface area contributed by atoms with Gasteiger partial charge < -0.3 is 4.90 Å². The number of aromatic nitrogens is 2. The highest BCUT2D eigenvalue weighted by Crippen LogP contribution is 2.17. The van der Waals surface area contributed by atoms with Gasteiger partial charge in [0.15, 0.2) is 5.78 Å². The molecule has 0 aliphatic carbocycles. The van der Waals surface area contributed by atoms with Crippen LogP contribution in [0.2, 0.25) is 0 Å². The fourth-order valence-corrected chi connectivity index (χ4v) is 1.57. The number of rotatable bonds is 4. The molecule has 0 unspecified atom stereocenters. The van der Waals surface area contributed by atoms with E-state index in [1.54, 1.807) is 18.5 Å². The predicted molar refractivity (Wildman–Crippen MR) is 71.2 cm³/mol. The molecule has 2 rings (SSSR count). The third-order valence-electron chi connectivity index (χ3n) is 2.48. The molecule has 0 atom stereocenters. The van der Waals surface area contributed by atoms with Crippen molar-refractivity contribution in [3.8, 4) is 11.3 Å². The highest BCUT2D eigenvalue weighted by molar-refractivity contribution is 6.05. The highest BCUT2D eigenvalue weighted by atomic mass is 16.1. The summed E-state index contributed by atoms with van der Waals surface area (Å²) in [7, 11) is 3.76. The number of carbonyl (C=O) groups is 1. The van der Waals surface area contributed by atoms with E-state index in [9.17, 15) is 4.79 Å². The van der Waals surface area contributed by atoms with Crippen molar-refractivity contribution >= 4 is 5.78 Å². The molecular weight excluding hydrogens is 226 g/mol. The van der Waals surface area contributed by atoms with Gasteiger partial charge in [0.05, 0.1) is 5.69 Å². The van der Waals surface area contributed by atoms with Gasteiger partial charge in [0.1, 0.15) is 0 Å². The first-order valence-electron chi connectivity index (χ1n) is 5.65. The Labute approximate surface area is 106 Å². The Morgan fingerprint density at radius 2 is 2.17 bits per heavy atom. The second-order valence-corrected chi connectivity index (χ2v) is 4.19.